The van der Waals surface area contributed by atoms with Gasteiger partial charge in [-0.1, -0.05) is 19.3 Å². The molecule has 0 radical (unpaired) electrons. The molecule has 0 aromatic rings. The van der Waals surface area contributed by atoms with E-state index in [1.807, 2.05) is 25.7 Å². The average molecular weight is 341 g/mol. The van der Waals surface area contributed by atoms with Crippen molar-refractivity contribution >= 4 is 6.09 Å². The van der Waals surface area contributed by atoms with Gasteiger partial charge in [0.25, 0.3) is 0 Å². The molecule has 1 heterocycles. The van der Waals surface area contributed by atoms with Gasteiger partial charge >= 0.3 is 6.09 Å². The van der Waals surface area contributed by atoms with E-state index in [2.05, 4.69) is 5.32 Å². The fourth-order valence-electron chi connectivity index (χ4n) is 3.99. The summed E-state index contributed by atoms with van der Waals surface area (Å²) < 4.78 is 5.46. The molecular formula is C19H36N2O3. The molecule has 0 aromatic carbocycles. The first kappa shape index (κ1) is 19.5. The van der Waals surface area contributed by atoms with Crippen LogP contribution in [-0.2, 0) is 4.74 Å². The molecule has 1 aliphatic heterocycles. The summed E-state index contributed by atoms with van der Waals surface area (Å²) in [6.07, 6.45) is 9.16. The van der Waals surface area contributed by atoms with E-state index in [1.165, 1.54) is 32.1 Å². The second kappa shape index (κ2) is 9.04. The number of nitrogens with zero attached hydrogens (tertiary/aromatic N) is 1. The van der Waals surface area contributed by atoms with Crippen molar-refractivity contribution in [3.63, 3.8) is 0 Å². The van der Waals surface area contributed by atoms with Gasteiger partial charge in [-0.2, -0.15) is 0 Å². The molecule has 2 aliphatic rings. The number of ether oxygens (including phenoxy) is 1. The third-order valence-electron chi connectivity index (χ3n) is 5.26. The van der Waals surface area contributed by atoms with Gasteiger partial charge in [0, 0.05) is 31.8 Å². The van der Waals surface area contributed by atoms with Crippen LogP contribution in [0, 0.1) is 5.92 Å². The van der Waals surface area contributed by atoms with Crippen LogP contribution >= 0.6 is 0 Å². The minimum atomic E-state index is -0.431. The van der Waals surface area contributed by atoms with Gasteiger partial charge in [-0.05, 0) is 58.8 Å². The van der Waals surface area contributed by atoms with Crippen LogP contribution in [0.3, 0.4) is 0 Å². The molecule has 1 unspecified atom stereocenters. The highest BCUT2D eigenvalue weighted by Gasteiger charge is 2.30. The third kappa shape index (κ3) is 6.25. The highest BCUT2D eigenvalue weighted by atomic mass is 16.6. The standard InChI is InChI=1S/C19H36N2O3/c1-19(2,3)24-18(23)21-12-9-16(10-13-21)20-17(11-14-22)15-7-5-4-6-8-15/h15-17,20,22H,4-14H2,1-3H3. The first-order chi connectivity index (χ1) is 11.4. The van der Waals surface area contributed by atoms with Crippen LogP contribution in [-0.4, -0.2) is 53.5 Å². The quantitative estimate of drug-likeness (QED) is 0.806. The topological polar surface area (TPSA) is 61.8 Å². The fourth-order valence-corrected chi connectivity index (χ4v) is 3.99. The summed E-state index contributed by atoms with van der Waals surface area (Å²) in [5.41, 5.74) is -0.431. The van der Waals surface area contributed by atoms with Gasteiger partial charge in [0.1, 0.15) is 5.60 Å². The van der Waals surface area contributed by atoms with Gasteiger partial charge in [-0.3, -0.25) is 0 Å². The zero-order valence-corrected chi connectivity index (χ0v) is 15.7. The molecule has 0 aromatic heterocycles. The SMILES string of the molecule is CC(C)(C)OC(=O)N1CCC(NC(CCO)C2CCCCC2)CC1. The molecule has 5 nitrogen and oxygen atoms in total. The van der Waals surface area contributed by atoms with Crippen molar-refractivity contribution < 1.29 is 14.6 Å². The molecule has 2 fully saturated rings. The van der Waals surface area contributed by atoms with Crippen LogP contribution in [0.2, 0.25) is 0 Å². The molecule has 5 heteroatoms. The number of aliphatic hydroxyl groups is 1. The number of carbonyl (C=O) groups is 1. The zero-order chi connectivity index (χ0) is 17.6. The zero-order valence-electron chi connectivity index (χ0n) is 15.7. The minimum Gasteiger partial charge on any atom is -0.444 e. The summed E-state index contributed by atoms with van der Waals surface area (Å²) >= 11 is 0. The van der Waals surface area contributed by atoms with E-state index in [4.69, 9.17) is 4.74 Å². The average Bonchev–Trinajstić information content (AvgIpc) is 2.54. The highest BCUT2D eigenvalue weighted by Crippen LogP contribution is 2.28. The first-order valence-corrected chi connectivity index (χ1v) is 9.74. The van der Waals surface area contributed by atoms with Crippen LogP contribution in [0.1, 0.15) is 72.1 Å². The van der Waals surface area contributed by atoms with Gasteiger partial charge in [0.15, 0.2) is 0 Å². The fraction of sp³-hybridized carbons (Fsp3) is 0.947. The summed E-state index contributed by atoms with van der Waals surface area (Å²) in [7, 11) is 0. The lowest BCUT2D eigenvalue weighted by Gasteiger charge is -2.38. The normalized spacial score (nSPS) is 22.4. The molecule has 140 valence electrons. The van der Waals surface area contributed by atoms with Crippen LogP contribution in [0.25, 0.3) is 0 Å². The second-order valence-corrected chi connectivity index (χ2v) is 8.43. The van der Waals surface area contributed by atoms with E-state index >= 15 is 0 Å². The lowest BCUT2D eigenvalue weighted by molar-refractivity contribution is 0.0191. The number of piperidine rings is 1. The van der Waals surface area contributed by atoms with Crippen molar-refractivity contribution in [2.45, 2.75) is 89.8 Å². The lowest BCUT2D eigenvalue weighted by Crippen LogP contribution is -2.50. The van der Waals surface area contributed by atoms with Crippen molar-refractivity contribution in [1.29, 1.82) is 0 Å². The van der Waals surface area contributed by atoms with E-state index in [1.54, 1.807) is 0 Å². The summed E-state index contributed by atoms with van der Waals surface area (Å²) in [5, 5.41) is 13.2. The molecule has 2 N–H and O–H groups in total. The lowest BCUT2D eigenvalue weighted by atomic mass is 9.82. The number of hydrogen-bond acceptors (Lipinski definition) is 4. The van der Waals surface area contributed by atoms with Crippen molar-refractivity contribution in [3.05, 3.63) is 0 Å². The van der Waals surface area contributed by atoms with Crippen molar-refractivity contribution in [2.24, 2.45) is 5.92 Å². The van der Waals surface area contributed by atoms with E-state index in [0.29, 0.717) is 18.0 Å². The number of carbonyl (C=O) groups excluding carboxylic acids is 1. The maximum absolute atomic E-state index is 12.1. The molecular weight excluding hydrogens is 304 g/mol. The number of rotatable bonds is 5. The van der Waals surface area contributed by atoms with Crippen LogP contribution < -0.4 is 5.32 Å². The number of nitrogens with one attached hydrogen (secondary N) is 1. The van der Waals surface area contributed by atoms with Crippen LogP contribution in [0.4, 0.5) is 4.79 Å². The van der Waals surface area contributed by atoms with Crippen molar-refractivity contribution in [1.82, 2.24) is 10.2 Å². The summed E-state index contributed by atoms with van der Waals surface area (Å²) in [4.78, 5) is 14.0. The van der Waals surface area contributed by atoms with Gasteiger partial charge < -0.3 is 20.1 Å². The Hall–Kier alpha value is -0.810. The Balaban J connectivity index is 1.79. The molecule has 1 amide bonds. The largest absolute Gasteiger partial charge is 0.444 e. The Morgan fingerprint density at radius 2 is 1.79 bits per heavy atom. The predicted octanol–water partition coefficient (Wildman–Crippen LogP) is 3.31. The number of hydrogen-bond donors (Lipinski definition) is 2. The minimum absolute atomic E-state index is 0.194. The molecule has 2 rings (SSSR count). The molecule has 1 saturated carbocycles. The van der Waals surface area contributed by atoms with Gasteiger partial charge in [-0.25, -0.2) is 4.79 Å². The van der Waals surface area contributed by atoms with E-state index in [-0.39, 0.29) is 12.7 Å². The Bertz CT molecular complexity index is 381. The highest BCUT2D eigenvalue weighted by molar-refractivity contribution is 5.68. The Morgan fingerprint density at radius 3 is 2.33 bits per heavy atom. The first-order valence-electron chi connectivity index (χ1n) is 9.74. The summed E-state index contributed by atoms with van der Waals surface area (Å²) in [5.74, 6) is 0.704. The van der Waals surface area contributed by atoms with E-state index in [0.717, 1.165) is 32.4 Å². The van der Waals surface area contributed by atoms with Crippen molar-refractivity contribution in [2.75, 3.05) is 19.7 Å². The number of likely N-dealkylation sites (tertiary alicyclic amines) is 1. The monoisotopic (exact) mass is 340 g/mol. The molecule has 1 aliphatic carbocycles. The predicted molar refractivity (Wildman–Crippen MR) is 96.0 cm³/mol. The van der Waals surface area contributed by atoms with Crippen LogP contribution in [0.15, 0.2) is 0 Å². The maximum atomic E-state index is 12.1. The summed E-state index contributed by atoms with van der Waals surface area (Å²) in [6, 6.07) is 0.871. The second-order valence-electron chi connectivity index (χ2n) is 8.43. The Labute approximate surface area is 147 Å². The van der Waals surface area contributed by atoms with E-state index in [9.17, 15) is 9.90 Å². The molecule has 1 saturated heterocycles. The third-order valence-corrected chi connectivity index (χ3v) is 5.26. The van der Waals surface area contributed by atoms with Crippen molar-refractivity contribution in [3.8, 4) is 0 Å². The molecule has 1 atom stereocenters. The Morgan fingerprint density at radius 1 is 1.17 bits per heavy atom. The number of aliphatic hydroxyl groups excluding tert-OH is 1. The maximum Gasteiger partial charge on any atom is 0.410 e. The molecule has 24 heavy (non-hydrogen) atoms. The van der Waals surface area contributed by atoms with E-state index < -0.39 is 5.60 Å². The van der Waals surface area contributed by atoms with Gasteiger partial charge in [-0.15, -0.1) is 0 Å². The van der Waals surface area contributed by atoms with Gasteiger partial charge in [0.05, 0.1) is 0 Å². The molecule has 0 spiro atoms. The summed E-state index contributed by atoms with van der Waals surface area (Å²) in [6.45, 7) is 7.48. The Kier molecular flexibility index (Phi) is 7.35. The number of amides is 1. The van der Waals surface area contributed by atoms with Crippen LogP contribution in [0.5, 0.6) is 0 Å². The smallest absolute Gasteiger partial charge is 0.410 e. The van der Waals surface area contributed by atoms with Gasteiger partial charge in [0.2, 0.25) is 0 Å². The molecule has 0 bridgehead atoms.